The van der Waals surface area contributed by atoms with E-state index in [-0.39, 0.29) is 0 Å². The molecule has 0 saturated carbocycles. The average molecular weight is 264 g/mol. The molecule has 2 aromatic rings. The van der Waals surface area contributed by atoms with Crippen molar-refractivity contribution in [1.82, 2.24) is 9.97 Å². The smallest absolute Gasteiger partial charge is 0.160 e. The molecule has 0 fully saturated rings. The van der Waals surface area contributed by atoms with E-state index >= 15 is 0 Å². The van der Waals surface area contributed by atoms with Gasteiger partial charge in [-0.3, -0.25) is 0 Å². The highest BCUT2D eigenvalue weighted by Gasteiger charge is 2.08. The Morgan fingerprint density at radius 1 is 1.18 bits per heavy atom. The molecule has 0 aliphatic rings. The van der Waals surface area contributed by atoms with Gasteiger partial charge in [0.2, 0.25) is 0 Å². The van der Waals surface area contributed by atoms with E-state index in [1.165, 1.54) is 0 Å². The molecule has 0 N–H and O–H groups in total. The zero-order chi connectivity index (χ0) is 12.3. The van der Waals surface area contributed by atoms with Gasteiger partial charge in [-0.2, -0.15) is 5.26 Å². The lowest BCUT2D eigenvalue weighted by molar-refractivity contribution is 1.10. The summed E-state index contributed by atoms with van der Waals surface area (Å²) in [5.74, 6) is 0.499. The lowest BCUT2D eigenvalue weighted by Gasteiger charge is -2.04. The zero-order valence-electron chi connectivity index (χ0n) is 8.69. The van der Waals surface area contributed by atoms with Crippen molar-refractivity contribution in [3.63, 3.8) is 0 Å². The van der Waals surface area contributed by atoms with E-state index < -0.39 is 0 Å². The van der Waals surface area contributed by atoms with Crippen molar-refractivity contribution < 1.29 is 0 Å². The van der Waals surface area contributed by atoms with E-state index in [1.54, 1.807) is 30.6 Å². The molecule has 3 nitrogen and oxygen atoms in total. The van der Waals surface area contributed by atoms with Crippen molar-refractivity contribution in [2.75, 3.05) is 0 Å². The first kappa shape index (κ1) is 11.8. The molecule has 0 amide bonds. The molecule has 0 atom stereocenters. The fourth-order valence-electron chi connectivity index (χ4n) is 1.35. The van der Waals surface area contributed by atoms with Crippen LogP contribution in [0.1, 0.15) is 5.56 Å². The monoisotopic (exact) mass is 263 g/mol. The summed E-state index contributed by atoms with van der Waals surface area (Å²) >= 11 is 12.0. The van der Waals surface area contributed by atoms with Gasteiger partial charge in [-0.1, -0.05) is 29.3 Å². The van der Waals surface area contributed by atoms with E-state index in [0.717, 1.165) is 5.56 Å². The van der Waals surface area contributed by atoms with Crippen LogP contribution in [0, 0.1) is 11.3 Å². The fraction of sp³-hybridized carbons (Fsp3) is 0.0833. The predicted molar refractivity (Wildman–Crippen MR) is 66.8 cm³/mol. The van der Waals surface area contributed by atoms with Crippen LogP contribution in [-0.2, 0) is 6.42 Å². The highest BCUT2D eigenvalue weighted by Crippen LogP contribution is 2.31. The number of aromatic nitrogens is 2. The van der Waals surface area contributed by atoms with Crippen LogP contribution in [0.25, 0.3) is 11.4 Å². The lowest BCUT2D eigenvalue weighted by Crippen LogP contribution is -1.92. The summed E-state index contributed by atoms with van der Waals surface area (Å²) in [6.45, 7) is 0. The van der Waals surface area contributed by atoms with Crippen LogP contribution < -0.4 is 0 Å². The number of nitrogens with zero attached hydrogens (tertiary/aromatic N) is 3. The molecule has 5 heteroatoms. The van der Waals surface area contributed by atoms with Gasteiger partial charge < -0.3 is 0 Å². The summed E-state index contributed by atoms with van der Waals surface area (Å²) in [5, 5.41) is 9.44. The third-order valence-corrected chi connectivity index (χ3v) is 3.00. The van der Waals surface area contributed by atoms with Crippen molar-refractivity contribution in [3.05, 3.63) is 46.2 Å². The Hall–Kier alpha value is -1.63. The molecule has 0 spiro atoms. The van der Waals surface area contributed by atoms with Gasteiger partial charge in [0.05, 0.1) is 22.5 Å². The predicted octanol–water partition coefficient (Wildman–Crippen LogP) is 3.52. The molecular weight excluding hydrogens is 257 g/mol. The van der Waals surface area contributed by atoms with Crippen molar-refractivity contribution in [2.24, 2.45) is 0 Å². The largest absolute Gasteiger partial charge is 0.236 e. The van der Waals surface area contributed by atoms with Crippen molar-refractivity contribution in [3.8, 4) is 17.5 Å². The highest BCUT2D eigenvalue weighted by atomic mass is 35.5. The standard InChI is InChI=1S/C12H7Cl2N3/c13-10-3-1-2-9(11(10)14)12-16-6-8(4-5-15)7-17-12/h1-3,6-7H,4H2. The summed E-state index contributed by atoms with van der Waals surface area (Å²) in [5.41, 5.74) is 1.46. The zero-order valence-corrected chi connectivity index (χ0v) is 10.2. The normalized spacial score (nSPS) is 9.94. The van der Waals surface area contributed by atoms with Crippen molar-refractivity contribution in [2.45, 2.75) is 6.42 Å². The van der Waals surface area contributed by atoms with Gasteiger partial charge in [0.25, 0.3) is 0 Å². The quantitative estimate of drug-likeness (QED) is 0.833. The van der Waals surface area contributed by atoms with Gasteiger partial charge in [-0.05, 0) is 12.1 Å². The molecule has 0 radical (unpaired) electrons. The molecule has 17 heavy (non-hydrogen) atoms. The second kappa shape index (κ2) is 5.13. The summed E-state index contributed by atoms with van der Waals surface area (Å²) in [6.07, 6.45) is 3.52. The van der Waals surface area contributed by atoms with E-state index in [1.807, 2.05) is 6.07 Å². The molecule has 0 bridgehead atoms. The minimum absolute atomic E-state index is 0.295. The van der Waals surface area contributed by atoms with Gasteiger partial charge in [0.1, 0.15) is 0 Å². The molecule has 0 unspecified atom stereocenters. The number of benzene rings is 1. The van der Waals surface area contributed by atoms with Gasteiger partial charge in [-0.25, -0.2) is 9.97 Å². The molecule has 1 aromatic heterocycles. The summed E-state index contributed by atoms with van der Waals surface area (Å²) in [4.78, 5) is 8.33. The molecule has 0 aliphatic heterocycles. The Balaban J connectivity index is 2.41. The van der Waals surface area contributed by atoms with Gasteiger partial charge >= 0.3 is 0 Å². The first-order valence-corrected chi connectivity index (χ1v) is 5.60. The second-order valence-electron chi connectivity index (χ2n) is 3.35. The van der Waals surface area contributed by atoms with Crippen LogP contribution in [0.3, 0.4) is 0 Å². The minimum atomic E-state index is 0.295. The van der Waals surface area contributed by atoms with Crippen LogP contribution in [0.4, 0.5) is 0 Å². The minimum Gasteiger partial charge on any atom is -0.236 e. The first-order chi connectivity index (χ1) is 8.22. The summed E-state index contributed by atoms with van der Waals surface area (Å²) in [6, 6.07) is 7.33. The topological polar surface area (TPSA) is 49.6 Å². The van der Waals surface area contributed by atoms with E-state index in [9.17, 15) is 0 Å². The Labute approximate surface area is 109 Å². The molecule has 84 valence electrons. The van der Waals surface area contributed by atoms with E-state index in [4.69, 9.17) is 28.5 Å². The highest BCUT2D eigenvalue weighted by molar-refractivity contribution is 6.43. The van der Waals surface area contributed by atoms with Gasteiger partial charge in [0.15, 0.2) is 5.82 Å². The van der Waals surface area contributed by atoms with Crippen molar-refractivity contribution >= 4 is 23.2 Å². The average Bonchev–Trinajstić information content (AvgIpc) is 2.34. The van der Waals surface area contributed by atoms with E-state index in [0.29, 0.717) is 27.9 Å². The molecular formula is C12H7Cl2N3. The van der Waals surface area contributed by atoms with E-state index in [2.05, 4.69) is 9.97 Å². The first-order valence-electron chi connectivity index (χ1n) is 4.84. The molecule has 2 rings (SSSR count). The van der Waals surface area contributed by atoms with Gasteiger partial charge in [0, 0.05) is 23.5 Å². The molecule has 0 aliphatic carbocycles. The molecule has 1 heterocycles. The summed E-state index contributed by atoms with van der Waals surface area (Å²) in [7, 11) is 0. The molecule has 1 aromatic carbocycles. The maximum Gasteiger partial charge on any atom is 0.160 e. The lowest BCUT2D eigenvalue weighted by atomic mass is 10.2. The van der Waals surface area contributed by atoms with Crippen LogP contribution in [0.2, 0.25) is 10.0 Å². The number of nitriles is 1. The fourth-order valence-corrected chi connectivity index (χ4v) is 1.74. The van der Waals surface area contributed by atoms with Crippen LogP contribution in [-0.4, -0.2) is 9.97 Å². The summed E-state index contributed by atoms with van der Waals surface area (Å²) < 4.78 is 0. The second-order valence-corrected chi connectivity index (χ2v) is 4.14. The number of halogens is 2. The number of hydrogen-bond donors (Lipinski definition) is 0. The van der Waals surface area contributed by atoms with Crippen LogP contribution in [0.5, 0.6) is 0 Å². The van der Waals surface area contributed by atoms with Crippen LogP contribution >= 0.6 is 23.2 Å². The maximum atomic E-state index is 8.54. The third-order valence-electron chi connectivity index (χ3n) is 2.18. The Kier molecular flexibility index (Phi) is 3.58. The van der Waals surface area contributed by atoms with Crippen molar-refractivity contribution in [1.29, 1.82) is 5.26 Å². The third kappa shape index (κ3) is 2.55. The Morgan fingerprint density at radius 3 is 2.53 bits per heavy atom. The maximum absolute atomic E-state index is 8.54. The SMILES string of the molecule is N#CCc1cnc(-c2cccc(Cl)c2Cl)nc1. The van der Waals surface area contributed by atoms with Gasteiger partial charge in [-0.15, -0.1) is 0 Å². The van der Waals surface area contributed by atoms with Crippen LogP contribution in [0.15, 0.2) is 30.6 Å². The number of rotatable bonds is 2. The Bertz CT molecular complexity index is 573. The molecule has 0 saturated heterocycles. The Morgan fingerprint density at radius 2 is 1.88 bits per heavy atom. The number of hydrogen-bond acceptors (Lipinski definition) is 3.